The number of amidine groups is 1. The Morgan fingerprint density at radius 3 is 2.94 bits per heavy atom. The van der Waals surface area contributed by atoms with Crippen LogP contribution >= 0.6 is 0 Å². The maximum Gasteiger partial charge on any atom is 0.418 e. The van der Waals surface area contributed by atoms with E-state index in [1.54, 1.807) is 13.8 Å². The van der Waals surface area contributed by atoms with Crippen molar-refractivity contribution in [1.82, 2.24) is 10.3 Å². The molecule has 16 heavy (non-hydrogen) atoms. The van der Waals surface area contributed by atoms with Crippen molar-refractivity contribution >= 4 is 17.8 Å². The van der Waals surface area contributed by atoms with E-state index in [4.69, 9.17) is 15.4 Å². The molecule has 0 spiro atoms. The Kier molecular flexibility index (Phi) is 4.06. The van der Waals surface area contributed by atoms with Crippen LogP contribution in [-0.2, 0) is 14.4 Å². The molecular formula is C8H14N4O4. The van der Waals surface area contributed by atoms with Gasteiger partial charge in [0.25, 0.3) is 0 Å². The van der Waals surface area contributed by atoms with Crippen LogP contribution in [0.25, 0.3) is 0 Å². The van der Waals surface area contributed by atoms with Gasteiger partial charge in [0.2, 0.25) is 12.1 Å². The molecular weight excluding hydrogens is 216 g/mol. The van der Waals surface area contributed by atoms with Gasteiger partial charge >= 0.3 is 6.09 Å². The molecule has 0 aromatic rings. The number of hydrogen-bond acceptors (Lipinski definition) is 6. The summed E-state index contributed by atoms with van der Waals surface area (Å²) in [6, 6.07) is 0. The van der Waals surface area contributed by atoms with Gasteiger partial charge < -0.3 is 9.57 Å². The average molecular weight is 230 g/mol. The highest BCUT2D eigenvalue weighted by molar-refractivity contribution is 6.05. The third-order valence-electron chi connectivity index (χ3n) is 1.90. The first-order valence-electron chi connectivity index (χ1n) is 4.78. The number of amides is 2. The van der Waals surface area contributed by atoms with Crippen molar-refractivity contribution in [2.24, 2.45) is 11.0 Å². The summed E-state index contributed by atoms with van der Waals surface area (Å²) in [5.74, 6) is 4.64. The highest BCUT2D eigenvalue weighted by Crippen LogP contribution is 2.15. The molecule has 0 radical (unpaired) electrons. The van der Waals surface area contributed by atoms with E-state index in [9.17, 15) is 9.59 Å². The van der Waals surface area contributed by atoms with E-state index in [-0.39, 0.29) is 18.9 Å². The zero-order valence-corrected chi connectivity index (χ0v) is 9.10. The van der Waals surface area contributed by atoms with Crippen LogP contribution in [-0.4, -0.2) is 35.6 Å². The zero-order chi connectivity index (χ0) is 12.1. The number of hydrazine groups is 1. The molecule has 2 amide bonds. The number of rotatable bonds is 3. The summed E-state index contributed by atoms with van der Waals surface area (Å²) in [5, 5.41) is 3.61. The van der Waals surface area contributed by atoms with Gasteiger partial charge in [-0.1, -0.05) is 5.16 Å². The second-order valence-corrected chi connectivity index (χ2v) is 3.03. The lowest BCUT2D eigenvalue weighted by Gasteiger charge is -2.19. The molecule has 1 aliphatic heterocycles. The summed E-state index contributed by atoms with van der Waals surface area (Å²) in [5.41, 5.74) is 1.94. The second-order valence-electron chi connectivity index (χ2n) is 3.03. The second kappa shape index (κ2) is 5.31. The molecule has 8 heteroatoms. The van der Waals surface area contributed by atoms with Crippen molar-refractivity contribution in [3.8, 4) is 0 Å². The quantitative estimate of drug-likeness (QED) is 0.386. The van der Waals surface area contributed by atoms with E-state index >= 15 is 0 Å². The van der Waals surface area contributed by atoms with Crippen LogP contribution in [0.5, 0.6) is 0 Å². The van der Waals surface area contributed by atoms with Crippen LogP contribution in [0.3, 0.4) is 0 Å². The van der Waals surface area contributed by atoms with Crippen LogP contribution in [0.2, 0.25) is 0 Å². The summed E-state index contributed by atoms with van der Waals surface area (Å²) in [6.07, 6.45) is -1.32. The minimum atomic E-state index is -0.601. The highest BCUT2D eigenvalue weighted by Gasteiger charge is 2.34. The van der Waals surface area contributed by atoms with E-state index in [1.807, 2.05) is 5.43 Å². The van der Waals surface area contributed by atoms with E-state index in [1.165, 1.54) is 4.90 Å². The molecule has 90 valence electrons. The Bertz CT molecular complexity index is 317. The number of hydrogen-bond donors (Lipinski definition) is 2. The van der Waals surface area contributed by atoms with Gasteiger partial charge in [0.05, 0.1) is 13.0 Å². The molecule has 1 atom stereocenters. The smallest absolute Gasteiger partial charge is 0.418 e. The molecule has 0 aromatic heterocycles. The minimum absolute atomic E-state index is 0.139. The number of oxime groups is 1. The third-order valence-corrected chi connectivity index (χ3v) is 1.90. The molecule has 3 N–H and O–H groups in total. The highest BCUT2D eigenvalue weighted by atomic mass is 16.7. The van der Waals surface area contributed by atoms with Gasteiger partial charge in [-0.25, -0.2) is 15.5 Å². The molecule has 0 fully saturated rings. The lowest BCUT2D eigenvalue weighted by atomic mass is 10.3. The SMILES string of the molecule is CCOC(=O)N1C(CC(=O)NN)=NOC1C. The summed E-state index contributed by atoms with van der Waals surface area (Å²) in [7, 11) is 0. The molecule has 1 unspecified atom stereocenters. The lowest BCUT2D eigenvalue weighted by Crippen LogP contribution is -2.42. The third kappa shape index (κ3) is 2.60. The molecule has 0 aliphatic carbocycles. The monoisotopic (exact) mass is 230 g/mol. The molecule has 0 saturated heterocycles. The largest absolute Gasteiger partial charge is 0.449 e. The van der Waals surface area contributed by atoms with Crippen LogP contribution in [0.15, 0.2) is 5.16 Å². The maximum atomic E-state index is 11.5. The van der Waals surface area contributed by atoms with Crippen molar-refractivity contribution in [3.05, 3.63) is 0 Å². The number of nitrogens with zero attached hydrogens (tertiary/aromatic N) is 2. The van der Waals surface area contributed by atoms with Gasteiger partial charge in [0, 0.05) is 0 Å². The van der Waals surface area contributed by atoms with Crippen molar-refractivity contribution in [2.45, 2.75) is 26.5 Å². The van der Waals surface area contributed by atoms with Gasteiger partial charge in [0.1, 0.15) is 0 Å². The number of carbonyl (C=O) groups is 2. The summed E-state index contributed by atoms with van der Waals surface area (Å²) in [4.78, 5) is 28.6. The molecule has 0 aromatic carbocycles. The number of carbonyl (C=O) groups excluding carboxylic acids is 2. The van der Waals surface area contributed by atoms with Gasteiger partial charge in [0.15, 0.2) is 5.84 Å². The first-order chi connectivity index (χ1) is 7.60. The number of nitrogens with two attached hydrogens (primary N) is 1. The van der Waals surface area contributed by atoms with Gasteiger partial charge in [-0.3, -0.25) is 10.2 Å². The predicted octanol–water partition coefficient (Wildman–Crippen LogP) is -0.485. The zero-order valence-electron chi connectivity index (χ0n) is 9.10. The predicted molar refractivity (Wildman–Crippen MR) is 53.8 cm³/mol. The molecule has 0 bridgehead atoms. The summed E-state index contributed by atoms with van der Waals surface area (Å²) in [6.45, 7) is 3.54. The first-order valence-corrected chi connectivity index (χ1v) is 4.78. The van der Waals surface area contributed by atoms with Gasteiger partial charge in [-0.15, -0.1) is 0 Å². The molecule has 0 saturated carbocycles. The Morgan fingerprint density at radius 2 is 2.38 bits per heavy atom. The van der Waals surface area contributed by atoms with Crippen LogP contribution in [0, 0.1) is 0 Å². The van der Waals surface area contributed by atoms with Gasteiger partial charge in [-0.05, 0) is 13.8 Å². The topological polar surface area (TPSA) is 106 Å². The summed E-state index contributed by atoms with van der Waals surface area (Å²) >= 11 is 0. The van der Waals surface area contributed by atoms with Crippen molar-refractivity contribution in [1.29, 1.82) is 0 Å². The standard InChI is InChI=1S/C8H14N4O4/c1-3-15-8(14)12-5(2)16-11-6(12)4-7(13)10-9/h5H,3-4,9H2,1-2H3,(H,10,13). The number of ether oxygens (including phenoxy) is 1. The van der Waals surface area contributed by atoms with E-state index in [2.05, 4.69) is 5.16 Å². The van der Waals surface area contributed by atoms with E-state index in [0.717, 1.165) is 0 Å². The van der Waals surface area contributed by atoms with E-state index in [0.29, 0.717) is 0 Å². The fraction of sp³-hybridized carbons (Fsp3) is 0.625. The van der Waals surface area contributed by atoms with Crippen LogP contribution in [0.1, 0.15) is 20.3 Å². The Labute approximate surface area is 92.3 Å². The van der Waals surface area contributed by atoms with Gasteiger partial charge in [-0.2, -0.15) is 0 Å². The van der Waals surface area contributed by atoms with Crippen molar-refractivity contribution in [2.75, 3.05) is 6.61 Å². The summed E-state index contributed by atoms with van der Waals surface area (Å²) < 4.78 is 4.80. The Balaban J connectivity index is 2.68. The molecule has 1 heterocycles. The Morgan fingerprint density at radius 1 is 1.69 bits per heavy atom. The van der Waals surface area contributed by atoms with Crippen LogP contribution < -0.4 is 11.3 Å². The molecule has 8 nitrogen and oxygen atoms in total. The minimum Gasteiger partial charge on any atom is -0.449 e. The van der Waals surface area contributed by atoms with E-state index < -0.39 is 18.2 Å². The number of nitrogens with one attached hydrogen (secondary N) is 1. The fourth-order valence-corrected chi connectivity index (χ4v) is 1.20. The average Bonchev–Trinajstić information content (AvgIpc) is 2.60. The molecule has 1 aliphatic rings. The fourth-order valence-electron chi connectivity index (χ4n) is 1.20. The Hall–Kier alpha value is -1.83. The lowest BCUT2D eigenvalue weighted by molar-refractivity contribution is -0.120. The maximum absolute atomic E-state index is 11.5. The van der Waals surface area contributed by atoms with Crippen molar-refractivity contribution < 1.29 is 19.2 Å². The first kappa shape index (κ1) is 12.2. The molecule has 1 rings (SSSR count). The van der Waals surface area contributed by atoms with Crippen molar-refractivity contribution in [3.63, 3.8) is 0 Å². The van der Waals surface area contributed by atoms with Crippen LogP contribution in [0.4, 0.5) is 4.79 Å². The normalized spacial score (nSPS) is 18.8.